The van der Waals surface area contributed by atoms with E-state index in [1.54, 1.807) is 13.3 Å². The molecule has 2 aromatic heterocycles. The molecule has 0 aliphatic heterocycles. The zero-order valence-corrected chi connectivity index (χ0v) is 18.4. The molecule has 1 unspecified atom stereocenters. The van der Waals surface area contributed by atoms with E-state index < -0.39 is 0 Å². The highest BCUT2D eigenvalue weighted by atomic mass is 32.2. The van der Waals surface area contributed by atoms with E-state index in [1.165, 1.54) is 11.8 Å². The summed E-state index contributed by atoms with van der Waals surface area (Å²) in [6.45, 7) is 4.56. The Kier molecular flexibility index (Phi) is 6.18. The predicted molar refractivity (Wildman–Crippen MR) is 123 cm³/mol. The average Bonchev–Trinajstić information content (AvgIpc) is 3.21. The van der Waals surface area contributed by atoms with Gasteiger partial charge in [0.1, 0.15) is 5.75 Å². The summed E-state index contributed by atoms with van der Waals surface area (Å²) in [5.74, 6) is 1.34. The summed E-state index contributed by atoms with van der Waals surface area (Å²) in [5, 5.41) is 13.0. The second-order valence-electron chi connectivity index (χ2n) is 6.88. The number of carbonyl (C=O) groups is 1. The van der Waals surface area contributed by atoms with Gasteiger partial charge in [-0.2, -0.15) is 0 Å². The number of amides is 1. The molecule has 31 heavy (non-hydrogen) atoms. The third-order valence-corrected chi connectivity index (χ3v) is 6.02. The van der Waals surface area contributed by atoms with Gasteiger partial charge in [-0.3, -0.25) is 9.78 Å². The van der Waals surface area contributed by atoms with Crippen molar-refractivity contribution in [2.45, 2.75) is 30.8 Å². The first-order valence-electron chi connectivity index (χ1n) is 10.00. The Bertz CT molecular complexity index is 1220. The number of fused-ring (bicyclic) bond motifs is 1. The first-order chi connectivity index (χ1) is 15.1. The quantitative estimate of drug-likeness (QED) is 0.428. The number of methoxy groups -OCH3 is 1. The Labute approximate surface area is 184 Å². The molecular formula is C23H23N5O2S. The molecule has 158 valence electrons. The molecule has 1 amide bonds. The van der Waals surface area contributed by atoms with Crippen molar-refractivity contribution in [2.24, 2.45) is 0 Å². The van der Waals surface area contributed by atoms with Crippen LogP contribution in [0, 0.1) is 0 Å². The monoisotopic (exact) mass is 433 g/mol. The maximum Gasteiger partial charge on any atom is 0.237 e. The molecule has 0 radical (unpaired) electrons. The number of rotatable bonds is 7. The van der Waals surface area contributed by atoms with Gasteiger partial charge in [0.25, 0.3) is 0 Å². The topological polar surface area (TPSA) is 81.9 Å². The summed E-state index contributed by atoms with van der Waals surface area (Å²) < 4.78 is 7.47. The van der Waals surface area contributed by atoms with Gasteiger partial charge < -0.3 is 14.6 Å². The maximum absolute atomic E-state index is 12.9. The zero-order chi connectivity index (χ0) is 21.8. The molecule has 0 fully saturated rings. The second kappa shape index (κ2) is 9.18. The van der Waals surface area contributed by atoms with Crippen molar-refractivity contribution in [3.63, 3.8) is 0 Å². The number of hydrogen-bond donors (Lipinski definition) is 1. The number of para-hydroxylation sites is 1. The summed E-state index contributed by atoms with van der Waals surface area (Å²) in [5.41, 5.74) is 2.45. The summed E-state index contributed by atoms with van der Waals surface area (Å²) >= 11 is 1.38. The van der Waals surface area contributed by atoms with Crippen LogP contribution in [0.2, 0.25) is 0 Å². The molecule has 2 aromatic carbocycles. The average molecular weight is 434 g/mol. The van der Waals surface area contributed by atoms with Gasteiger partial charge in [0.05, 0.1) is 29.1 Å². The van der Waals surface area contributed by atoms with Crippen molar-refractivity contribution in [3.8, 4) is 17.1 Å². The van der Waals surface area contributed by atoms with Crippen LogP contribution >= 0.6 is 11.8 Å². The van der Waals surface area contributed by atoms with Crippen molar-refractivity contribution < 1.29 is 9.53 Å². The second-order valence-corrected chi connectivity index (χ2v) is 8.18. The number of nitrogens with one attached hydrogen (secondary N) is 1. The Morgan fingerprint density at radius 3 is 2.77 bits per heavy atom. The number of aromatic nitrogens is 4. The van der Waals surface area contributed by atoms with Gasteiger partial charge in [-0.1, -0.05) is 30.0 Å². The number of thioether (sulfide) groups is 1. The number of nitrogens with zero attached hydrogens (tertiary/aromatic N) is 4. The first kappa shape index (κ1) is 20.9. The van der Waals surface area contributed by atoms with E-state index in [-0.39, 0.29) is 11.2 Å². The number of carbonyl (C=O) groups excluding carboxylic acids is 1. The van der Waals surface area contributed by atoms with Crippen molar-refractivity contribution in [1.82, 2.24) is 19.7 Å². The summed E-state index contributed by atoms with van der Waals surface area (Å²) in [4.78, 5) is 17.2. The van der Waals surface area contributed by atoms with Gasteiger partial charge in [0.15, 0.2) is 11.0 Å². The first-order valence-corrected chi connectivity index (χ1v) is 10.9. The number of anilines is 1. The van der Waals surface area contributed by atoms with Crippen molar-refractivity contribution >= 4 is 34.3 Å². The standard InChI is InChI=1S/C23H23N5O2S/c1-4-28-21(17-9-5-6-13-20(17)30-3)26-27-23(28)31-15(2)22(29)25-19-12-7-11-18-16(19)10-8-14-24-18/h5-15H,4H2,1-3H3,(H,25,29). The normalized spacial score (nSPS) is 12.0. The molecule has 0 aliphatic rings. The van der Waals surface area contributed by atoms with E-state index in [4.69, 9.17) is 4.74 Å². The van der Waals surface area contributed by atoms with Crippen LogP contribution in [0.15, 0.2) is 66.0 Å². The fraction of sp³-hybridized carbons (Fsp3) is 0.217. The smallest absolute Gasteiger partial charge is 0.237 e. The van der Waals surface area contributed by atoms with Crippen LogP contribution in [0.1, 0.15) is 13.8 Å². The number of hydrogen-bond acceptors (Lipinski definition) is 6. The lowest BCUT2D eigenvalue weighted by Crippen LogP contribution is -2.23. The molecule has 2 heterocycles. The highest BCUT2D eigenvalue weighted by Crippen LogP contribution is 2.32. The maximum atomic E-state index is 12.9. The summed E-state index contributed by atoms with van der Waals surface area (Å²) in [7, 11) is 1.64. The molecule has 0 aliphatic carbocycles. The highest BCUT2D eigenvalue weighted by Gasteiger charge is 2.22. The molecule has 7 nitrogen and oxygen atoms in total. The summed E-state index contributed by atoms with van der Waals surface area (Å²) in [6.07, 6.45) is 1.74. The molecule has 4 aromatic rings. The van der Waals surface area contributed by atoms with Crippen LogP contribution in [0.3, 0.4) is 0 Å². The van der Waals surface area contributed by atoms with Gasteiger partial charge in [-0.15, -0.1) is 10.2 Å². The molecular weight excluding hydrogens is 410 g/mol. The minimum atomic E-state index is -0.369. The molecule has 0 spiro atoms. The lowest BCUT2D eigenvalue weighted by atomic mass is 10.2. The molecule has 1 N–H and O–H groups in total. The fourth-order valence-corrected chi connectivity index (χ4v) is 4.26. The number of ether oxygens (including phenoxy) is 1. The van der Waals surface area contributed by atoms with Crippen LogP contribution in [-0.4, -0.2) is 38.0 Å². The van der Waals surface area contributed by atoms with E-state index in [0.29, 0.717) is 11.7 Å². The van der Waals surface area contributed by atoms with Crippen LogP contribution in [0.25, 0.3) is 22.3 Å². The van der Waals surface area contributed by atoms with Gasteiger partial charge >= 0.3 is 0 Å². The third kappa shape index (κ3) is 4.25. The van der Waals surface area contributed by atoms with E-state index >= 15 is 0 Å². The Morgan fingerprint density at radius 2 is 1.97 bits per heavy atom. The fourth-order valence-electron chi connectivity index (χ4n) is 3.35. The molecule has 0 saturated carbocycles. The van der Waals surface area contributed by atoms with Crippen molar-refractivity contribution in [3.05, 3.63) is 60.8 Å². The summed E-state index contributed by atoms with van der Waals surface area (Å²) in [6, 6.07) is 17.2. The van der Waals surface area contributed by atoms with E-state index in [2.05, 4.69) is 20.5 Å². The van der Waals surface area contributed by atoms with Crippen LogP contribution in [-0.2, 0) is 11.3 Å². The Balaban J connectivity index is 1.55. The molecule has 1 atom stereocenters. The van der Waals surface area contributed by atoms with Crippen LogP contribution in [0.5, 0.6) is 5.75 Å². The zero-order valence-electron chi connectivity index (χ0n) is 17.6. The number of pyridine rings is 1. The molecule has 4 rings (SSSR count). The third-order valence-electron chi connectivity index (χ3n) is 4.94. The predicted octanol–water partition coefficient (Wildman–Crippen LogP) is 4.64. The van der Waals surface area contributed by atoms with Gasteiger partial charge in [-0.25, -0.2) is 0 Å². The van der Waals surface area contributed by atoms with E-state index in [0.717, 1.165) is 33.7 Å². The van der Waals surface area contributed by atoms with Crippen molar-refractivity contribution in [2.75, 3.05) is 12.4 Å². The minimum Gasteiger partial charge on any atom is -0.496 e. The SMILES string of the molecule is CCn1c(SC(C)C(=O)Nc2cccc3ncccc23)nnc1-c1ccccc1OC. The molecule has 8 heteroatoms. The lowest BCUT2D eigenvalue weighted by molar-refractivity contribution is -0.115. The van der Waals surface area contributed by atoms with E-state index in [9.17, 15) is 4.79 Å². The van der Waals surface area contributed by atoms with Gasteiger partial charge in [0, 0.05) is 18.1 Å². The lowest BCUT2D eigenvalue weighted by Gasteiger charge is -2.14. The Hall–Kier alpha value is -3.39. The minimum absolute atomic E-state index is 0.106. The van der Waals surface area contributed by atoms with Crippen LogP contribution in [0.4, 0.5) is 5.69 Å². The van der Waals surface area contributed by atoms with Crippen molar-refractivity contribution in [1.29, 1.82) is 0 Å². The van der Waals surface area contributed by atoms with Gasteiger partial charge in [-0.05, 0) is 50.2 Å². The highest BCUT2D eigenvalue weighted by molar-refractivity contribution is 8.00. The van der Waals surface area contributed by atoms with Crippen LogP contribution < -0.4 is 10.1 Å². The van der Waals surface area contributed by atoms with Gasteiger partial charge in [0.2, 0.25) is 5.91 Å². The Morgan fingerprint density at radius 1 is 1.13 bits per heavy atom. The number of benzene rings is 2. The van der Waals surface area contributed by atoms with E-state index in [1.807, 2.05) is 73.0 Å². The largest absolute Gasteiger partial charge is 0.496 e. The molecule has 0 bridgehead atoms. The molecule has 0 saturated heterocycles.